The van der Waals surface area contributed by atoms with E-state index in [1.54, 1.807) is 36.4 Å². The summed E-state index contributed by atoms with van der Waals surface area (Å²) in [6, 6.07) is 9.48. The summed E-state index contributed by atoms with van der Waals surface area (Å²) in [5, 5.41) is 9.76. The summed E-state index contributed by atoms with van der Waals surface area (Å²) in [7, 11) is 6.04. The Hall–Kier alpha value is -3.42. The van der Waals surface area contributed by atoms with Crippen LogP contribution in [-0.2, 0) is 9.59 Å². The molecule has 1 saturated heterocycles. The first kappa shape index (κ1) is 20.3. The molecule has 0 aromatic heterocycles. The molecular weight excluding hydrogens is 378 g/mol. The van der Waals surface area contributed by atoms with Gasteiger partial charge in [-0.15, -0.1) is 0 Å². The van der Waals surface area contributed by atoms with E-state index in [2.05, 4.69) is 0 Å². The van der Waals surface area contributed by atoms with Crippen molar-refractivity contribution in [1.82, 2.24) is 0 Å². The fraction of sp³-hybridized carbons (Fsp3) is 0.333. The molecule has 0 bridgehead atoms. The average Bonchev–Trinajstić information content (AvgIpc) is 3.10. The normalized spacial score (nSPS) is 18.5. The monoisotopic (exact) mass is 401 g/mol. The van der Waals surface area contributed by atoms with Crippen molar-refractivity contribution in [3.05, 3.63) is 42.0 Å². The zero-order chi connectivity index (χ0) is 21.1. The lowest BCUT2D eigenvalue weighted by Gasteiger charge is -2.28. The Labute approximate surface area is 168 Å². The van der Waals surface area contributed by atoms with Gasteiger partial charge in [-0.25, -0.2) is 0 Å². The number of benzene rings is 2. The van der Waals surface area contributed by atoms with Crippen LogP contribution in [0.15, 0.2) is 36.4 Å². The molecule has 29 heavy (non-hydrogen) atoms. The molecule has 2 aromatic rings. The van der Waals surface area contributed by atoms with Gasteiger partial charge in [0.2, 0.25) is 5.91 Å². The first-order valence-electron chi connectivity index (χ1n) is 8.94. The summed E-state index contributed by atoms with van der Waals surface area (Å²) in [4.78, 5) is 26.3. The van der Waals surface area contributed by atoms with Crippen LogP contribution in [0.3, 0.4) is 0 Å². The average molecular weight is 401 g/mol. The molecule has 0 saturated carbocycles. The number of amides is 1. The second kappa shape index (κ2) is 8.30. The van der Waals surface area contributed by atoms with Gasteiger partial charge in [0.05, 0.1) is 40.4 Å². The predicted octanol–water partition coefficient (Wildman–Crippen LogP) is 2.90. The van der Waals surface area contributed by atoms with Crippen LogP contribution in [0.2, 0.25) is 0 Å². The summed E-state index contributed by atoms with van der Waals surface area (Å²) in [6.07, 6.45) is -0.108. The van der Waals surface area contributed by atoms with Crippen molar-refractivity contribution in [3.63, 3.8) is 0 Å². The Morgan fingerprint density at radius 2 is 1.45 bits per heavy atom. The molecule has 1 N–H and O–H groups in total. The van der Waals surface area contributed by atoms with E-state index in [9.17, 15) is 14.7 Å². The van der Waals surface area contributed by atoms with Gasteiger partial charge in [0, 0.05) is 18.2 Å². The lowest BCUT2D eigenvalue weighted by molar-refractivity contribution is -0.142. The lowest BCUT2D eigenvalue weighted by atomic mass is 9.93. The first-order chi connectivity index (χ1) is 13.9. The van der Waals surface area contributed by atoms with Crippen LogP contribution >= 0.6 is 0 Å². The zero-order valence-electron chi connectivity index (χ0n) is 16.7. The van der Waals surface area contributed by atoms with Crippen LogP contribution in [0.1, 0.15) is 18.0 Å². The van der Waals surface area contributed by atoms with Gasteiger partial charge >= 0.3 is 5.97 Å². The molecule has 1 fully saturated rings. The molecule has 8 nitrogen and oxygen atoms in total. The molecule has 154 valence electrons. The van der Waals surface area contributed by atoms with Crippen molar-refractivity contribution in [2.75, 3.05) is 33.3 Å². The Morgan fingerprint density at radius 3 is 2.00 bits per heavy atom. The molecule has 0 spiro atoms. The van der Waals surface area contributed by atoms with Crippen molar-refractivity contribution < 1.29 is 33.6 Å². The molecular formula is C21H23NO7. The molecule has 2 aromatic carbocycles. The number of carboxylic acid groups (broad SMARTS) is 1. The standard InChI is InChI=1S/C21H23NO7/c1-26-15-7-5-12(9-17(15)28-3)20-14(21(24)25)11-19(23)22(20)13-6-8-16(27-2)18(10-13)29-4/h5-10,14,20H,11H2,1-4H3,(H,24,25)/t14-,20+/m0/s1. The SMILES string of the molecule is COc1ccc([C@@H]2[C@@H](C(=O)O)CC(=O)N2c2ccc(OC)c(OC)c2)cc1OC. The second-order valence-corrected chi connectivity index (χ2v) is 6.51. The third kappa shape index (κ3) is 3.65. The zero-order valence-corrected chi connectivity index (χ0v) is 16.7. The fourth-order valence-corrected chi connectivity index (χ4v) is 3.65. The Morgan fingerprint density at radius 1 is 0.897 bits per heavy atom. The van der Waals surface area contributed by atoms with Gasteiger partial charge in [0.25, 0.3) is 0 Å². The molecule has 3 rings (SSSR count). The van der Waals surface area contributed by atoms with Crippen molar-refractivity contribution >= 4 is 17.6 Å². The maximum atomic E-state index is 12.8. The molecule has 0 radical (unpaired) electrons. The molecule has 0 unspecified atom stereocenters. The minimum Gasteiger partial charge on any atom is -0.493 e. The summed E-state index contributed by atoms with van der Waals surface area (Å²) in [5.41, 5.74) is 1.16. The van der Waals surface area contributed by atoms with Gasteiger partial charge < -0.3 is 29.0 Å². The number of hydrogen-bond acceptors (Lipinski definition) is 6. The fourth-order valence-electron chi connectivity index (χ4n) is 3.65. The minimum absolute atomic E-state index is 0.108. The van der Waals surface area contributed by atoms with Crippen LogP contribution in [0.5, 0.6) is 23.0 Å². The van der Waals surface area contributed by atoms with Crippen LogP contribution in [-0.4, -0.2) is 45.4 Å². The van der Waals surface area contributed by atoms with Crippen molar-refractivity contribution in [1.29, 1.82) is 0 Å². The quantitative estimate of drug-likeness (QED) is 0.762. The van der Waals surface area contributed by atoms with Gasteiger partial charge in [-0.1, -0.05) is 6.07 Å². The second-order valence-electron chi connectivity index (χ2n) is 6.51. The largest absolute Gasteiger partial charge is 0.493 e. The topological polar surface area (TPSA) is 94.5 Å². The number of rotatable bonds is 7. The maximum absolute atomic E-state index is 12.8. The number of anilines is 1. The highest BCUT2D eigenvalue weighted by atomic mass is 16.5. The maximum Gasteiger partial charge on any atom is 0.309 e. The highest BCUT2D eigenvalue weighted by Crippen LogP contribution is 2.45. The number of nitrogens with zero attached hydrogens (tertiary/aromatic N) is 1. The highest BCUT2D eigenvalue weighted by molar-refractivity contribution is 6.00. The third-order valence-electron chi connectivity index (χ3n) is 5.03. The van der Waals surface area contributed by atoms with E-state index in [-0.39, 0.29) is 12.3 Å². The van der Waals surface area contributed by atoms with Gasteiger partial charge in [0.15, 0.2) is 23.0 Å². The molecule has 1 heterocycles. The van der Waals surface area contributed by atoms with Gasteiger partial charge in [-0.05, 0) is 29.8 Å². The summed E-state index contributed by atoms with van der Waals surface area (Å²) >= 11 is 0. The van der Waals surface area contributed by atoms with E-state index in [1.807, 2.05) is 0 Å². The van der Waals surface area contributed by atoms with Gasteiger partial charge in [-0.3, -0.25) is 9.59 Å². The number of carbonyl (C=O) groups excluding carboxylic acids is 1. The predicted molar refractivity (Wildman–Crippen MR) is 105 cm³/mol. The van der Waals surface area contributed by atoms with Crippen LogP contribution in [0.4, 0.5) is 5.69 Å². The first-order valence-corrected chi connectivity index (χ1v) is 8.94. The number of hydrogen-bond donors (Lipinski definition) is 1. The summed E-state index contributed by atoms with van der Waals surface area (Å²) < 4.78 is 21.2. The summed E-state index contributed by atoms with van der Waals surface area (Å²) in [6.45, 7) is 0. The highest BCUT2D eigenvalue weighted by Gasteiger charge is 2.45. The van der Waals surface area contributed by atoms with E-state index in [0.717, 1.165) is 0 Å². The minimum atomic E-state index is -1.04. The van der Waals surface area contributed by atoms with Gasteiger partial charge in [-0.2, -0.15) is 0 Å². The number of carboxylic acids is 1. The van der Waals surface area contributed by atoms with Crippen molar-refractivity contribution in [2.45, 2.75) is 12.5 Å². The van der Waals surface area contributed by atoms with E-state index in [0.29, 0.717) is 34.2 Å². The van der Waals surface area contributed by atoms with E-state index >= 15 is 0 Å². The van der Waals surface area contributed by atoms with E-state index in [1.165, 1.54) is 33.3 Å². The van der Waals surface area contributed by atoms with Crippen molar-refractivity contribution in [3.8, 4) is 23.0 Å². The molecule has 8 heteroatoms. The lowest BCUT2D eigenvalue weighted by Crippen LogP contribution is -2.30. The van der Waals surface area contributed by atoms with Crippen molar-refractivity contribution in [2.24, 2.45) is 5.92 Å². The smallest absolute Gasteiger partial charge is 0.309 e. The number of aliphatic carboxylic acids is 1. The van der Waals surface area contributed by atoms with Crippen LogP contribution in [0.25, 0.3) is 0 Å². The number of carbonyl (C=O) groups is 2. The van der Waals surface area contributed by atoms with Crippen LogP contribution in [0, 0.1) is 5.92 Å². The van der Waals surface area contributed by atoms with E-state index < -0.39 is 17.9 Å². The van der Waals surface area contributed by atoms with Gasteiger partial charge in [0.1, 0.15) is 0 Å². The third-order valence-corrected chi connectivity index (χ3v) is 5.03. The molecule has 0 aliphatic carbocycles. The molecule has 1 amide bonds. The van der Waals surface area contributed by atoms with Crippen LogP contribution < -0.4 is 23.8 Å². The Bertz CT molecular complexity index is 927. The molecule has 1 aliphatic heterocycles. The number of ether oxygens (including phenoxy) is 4. The molecule has 1 aliphatic rings. The Kier molecular flexibility index (Phi) is 5.81. The number of methoxy groups -OCH3 is 4. The Balaban J connectivity index is 2.12. The van der Waals surface area contributed by atoms with E-state index in [4.69, 9.17) is 18.9 Å². The summed E-state index contributed by atoms with van der Waals surface area (Å²) in [5.74, 6) is -0.298. The molecule has 2 atom stereocenters.